The molecule has 1 rings (SSSR count). The van der Waals surface area contributed by atoms with Crippen molar-refractivity contribution >= 4 is 16.0 Å². The number of nitrogens with one attached hydrogen (secondary N) is 2. The van der Waals surface area contributed by atoms with Crippen molar-refractivity contribution in [2.45, 2.75) is 24.4 Å². The molecule has 7 nitrogen and oxygen atoms in total. The van der Waals surface area contributed by atoms with Crippen molar-refractivity contribution in [3.05, 3.63) is 12.3 Å². The summed E-state index contributed by atoms with van der Waals surface area (Å²) in [6.07, 6.45) is 1.44. The van der Waals surface area contributed by atoms with Gasteiger partial charge in [-0.25, -0.2) is 8.42 Å². The van der Waals surface area contributed by atoms with Crippen LogP contribution in [-0.4, -0.2) is 35.7 Å². The van der Waals surface area contributed by atoms with Crippen LogP contribution in [-0.2, 0) is 14.8 Å². The van der Waals surface area contributed by atoms with Crippen molar-refractivity contribution in [1.82, 2.24) is 14.9 Å². The molecule has 3 N–H and O–H groups in total. The molecule has 0 fully saturated rings. The molecule has 0 radical (unpaired) electrons. The number of hydrogen-bond donors (Lipinski definition) is 3. The van der Waals surface area contributed by atoms with Gasteiger partial charge in [-0.3, -0.25) is 9.89 Å². The van der Waals surface area contributed by atoms with Gasteiger partial charge >= 0.3 is 5.97 Å². The molecule has 0 saturated heterocycles. The topological polar surface area (TPSA) is 112 Å². The summed E-state index contributed by atoms with van der Waals surface area (Å²) in [4.78, 5) is 10.6. The molecule has 84 valence electrons. The number of H-pyrrole nitrogens is 1. The number of nitrogens with zero attached hydrogens (tertiary/aromatic N) is 1. The number of carboxylic acids is 1. The van der Waals surface area contributed by atoms with Crippen LogP contribution in [0.4, 0.5) is 0 Å². The monoisotopic (exact) mass is 233 g/mol. The standard InChI is InChI=1S/C7H11N3O4S/c1-2-5(7(11)12)10-15(13,14)6-3-4-8-9-6/h3-5,10H,2H2,1H3,(H,8,9)(H,11,12)/t5-/m0/s1. The molecule has 15 heavy (non-hydrogen) atoms. The molecule has 1 aromatic rings. The minimum absolute atomic E-state index is 0.151. The minimum Gasteiger partial charge on any atom is -0.480 e. The lowest BCUT2D eigenvalue weighted by Crippen LogP contribution is -2.40. The van der Waals surface area contributed by atoms with E-state index in [1.54, 1.807) is 6.92 Å². The van der Waals surface area contributed by atoms with Crippen molar-refractivity contribution in [2.24, 2.45) is 0 Å². The van der Waals surface area contributed by atoms with E-state index in [9.17, 15) is 13.2 Å². The number of carboxylic acid groups (broad SMARTS) is 1. The van der Waals surface area contributed by atoms with Crippen LogP contribution in [0.25, 0.3) is 0 Å². The van der Waals surface area contributed by atoms with Gasteiger partial charge < -0.3 is 5.11 Å². The Morgan fingerprint density at radius 3 is 2.80 bits per heavy atom. The fourth-order valence-corrected chi connectivity index (χ4v) is 2.13. The van der Waals surface area contributed by atoms with Crippen LogP contribution >= 0.6 is 0 Å². The van der Waals surface area contributed by atoms with Crippen LogP contribution in [0.15, 0.2) is 17.3 Å². The first-order valence-corrected chi connectivity index (χ1v) is 5.70. The van der Waals surface area contributed by atoms with E-state index < -0.39 is 22.0 Å². The smallest absolute Gasteiger partial charge is 0.321 e. The highest BCUT2D eigenvalue weighted by molar-refractivity contribution is 7.89. The number of sulfonamides is 1. The molecule has 0 aliphatic heterocycles. The molecule has 1 atom stereocenters. The molecule has 0 spiro atoms. The molecule has 1 heterocycles. The first kappa shape index (κ1) is 11.7. The van der Waals surface area contributed by atoms with Gasteiger partial charge in [0, 0.05) is 0 Å². The van der Waals surface area contributed by atoms with Gasteiger partial charge in [0.15, 0.2) is 5.03 Å². The van der Waals surface area contributed by atoms with Crippen LogP contribution in [0, 0.1) is 0 Å². The highest BCUT2D eigenvalue weighted by Gasteiger charge is 2.24. The summed E-state index contributed by atoms with van der Waals surface area (Å²) in [6, 6.07) is 0.120. The average molecular weight is 233 g/mol. The second-order valence-corrected chi connectivity index (χ2v) is 4.52. The number of carbonyl (C=O) groups is 1. The predicted molar refractivity (Wildman–Crippen MR) is 50.6 cm³/mol. The summed E-state index contributed by atoms with van der Waals surface area (Å²) in [5.41, 5.74) is 0. The van der Waals surface area contributed by atoms with Gasteiger partial charge in [0.05, 0.1) is 6.20 Å². The lowest BCUT2D eigenvalue weighted by atomic mass is 10.2. The molecule has 8 heteroatoms. The van der Waals surface area contributed by atoms with Gasteiger partial charge in [-0.1, -0.05) is 6.92 Å². The average Bonchev–Trinajstić information content (AvgIpc) is 2.67. The first-order valence-electron chi connectivity index (χ1n) is 4.22. The number of aromatic amines is 1. The van der Waals surface area contributed by atoms with E-state index in [4.69, 9.17) is 5.11 Å². The first-order chi connectivity index (χ1) is 6.97. The van der Waals surface area contributed by atoms with E-state index in [1.807, 2.05) is 4.72 Å². The Bertz CT molecular complexity index is 425. The number of aliphatic carboxylic acids is 1. The van der Waals surface area contributed by atoms with E-state index >= 15 is 0 Å². The summed E-state index contributed by atoms with van der Waals surface area (Å²) in [7, 11) is -3.82. The number of hydrogen-bond acceptors (Lipinski definition) is 4. The summed E-state index contributed by atoms with van der Waals surface area (Å²) >= 11 is 0. The van der Waals surface area contributed by atoms with E-state index in [0.717, 1.165) is 0 Å². The maximum absolute atomic E-state index is 11.5. The van der Waals surface area contributed by atoms with Crippen molar-refractivity contribution < 1.29 is 18.3 Å². The van der Waals surface area contributed by atoms with Crippen molar-refractivity contribution in [1.29, 1.82) is 0 Å². The van der Waals surface area contributed by atoms with Gasteiger partial charge in [-0.05, 0) is 12.5 Å². The fraction of sp³-hybridized carbons (Fsp3) is 0.429. The molecule has 0 bridgehead atoms. The minimum atomic E-state index is -3.82. The summed E-state index contributed by atoms with van der Waals surface area (Å²) in [5.74, 6) is -1.21. The van der Waals surface area contributed by atoms with Crippen molar-refractivity contribution in [2.75, 3.05) is 0 Å². The highest BCUT2D eigenvalue weighted by Crippen LogP contribution is 2.05. The van der Waals surface area contributed by atoms with Crippen molar-refractivity contribution in [3.8, 4) is 0 Å². The van der Waals surface area contributed by atoms with Gasteiger partial charge in [0.1, 0.15) is 6.04 Å². The second-order valence-electron chi connectivity index (χ2n) is 2.84. The lowest BCUT2D eigenvalue weighted by molar-refractivity contribution is -0.139. The molecule has 0 saturated carbocycles. The maximum Gasteiger partial charge on any atom is 0.321 e. The number of rotatable bonds is 5. The van der Waals surface area contributed by atoms with Gasteiger partial charge in [0.2, 0.25) is 0 Å². The molecule has 0 aromatic carbocycles. The van der Waals surface area contributed by atoms with Crippen LogP contribution < -0.4 is 4.72 Å². The third kappa shape index (κ3) is 2.77. The van der Waals surface area contributed by atoms with E-state index in [1.165, 1.54) is 12.3 Å². The van der Waals surface area contributed by atoms with Gasteiger partial charge in [-0.2, -0.15) is 9.82 Å². The molecular formula is C7H11N3O4S. The Balaban J connectivity index is 2.86. The SMILES string of the molecule is CC[C@H](NS(=O)(=O)c1ccn[nH]1)C(=O)O. The summed E-state index contributed by atoms with van der Waals surface area (Å²) in [6.45, 7) is 1.58. The van der Waals surface area contributed by atoms with Crippen LogP contribution in [0.3, 0.4) is 0 Å². The van der Waals surface area contributed by atoms with Crippen LogP contribution in [0.1, 0.15) is 13.3 Å². The van der Waals surface area contributed by atoms with Gasteiger partial charge in [0.25, 0.3) is 10.0 Å². The van der Waals surface area contributed by atoms with Crippen LogP contribution in [0.2, 0.25) is 0 Å². The molecule has 0 amide bonds. The molecular weight excluding hydrogens is 222 g/mol. The lowest BCUT2D eigenvalue weighted by Gasteiger charge is -2.10. The number of aromatic nitrogens is 2. The van der Waals surface area contributed by atoms with Crippen molar-refractivity contribution in [3.63, 3.8) is 0 Å². The Morgan fingerprint density at radius 1 is 1.73 bits per heavy atom. The zero-order chi connectivity index (χ0) is 11.5. The molecule has 0 unspecified atom stereocenters. The zero-order valence-electron chi connectivity index (χ0n) is 7.97. The van der Waals surface area contributed by atoms with E-state index in [0.29, 0.717) is 0 Å². The Hall–Kier alpha value is -1.41. The van der Waals surface area contributed by atoms with Crippen LogP contribution in [0.5, 0.6) is 0 Å². The Labute approximate surface area is 86.6 Å². The normalized spacial score (nSPS) is 13.7. The summed E-state index contributed by atoms with van der Waals surface area (Å²) < 4.78 is 25.1. The van der Waals surface area contributed by atoms with E-state index in [-0.39, 0.29) is 11.4 Å². The maximum atomic E-state index is 11.5. The third-order valence-electron chi connectivity index (χ3n) is 1.77. The quantitative estimate of drug-likeness (QED) is 0.637. The Morgan fingerprint density at radius 2 is 2.40 bits per heavy atom. The zero-order valence-corrected chi connectivity index (χ0v) is 8.78. The molecule has 1 aromatic heterocycles. The second kappa shape index (κ2) is 4.41. The Kier molecular flexibility index (Phi) is 3.43. The van der Waals surface area contributed by atoms with E-state index in [2.05, 4.69) is 10.2 Å². The molecule has 0 aliphatic carbocycles. The fourth-order valence-electron chi connectivity index (χ4n) is 0.952. The summed E-state index contributed by atoms with van der Waals surface area (Å²) in [5, 5.41) is 14.3. The largest absolute Gasteiger partial charge is 0.480 e. The highest BCUT2D eigenvalue weighted by atomic mass is 32.2. The third-order valence-corrected chi connectivity index (χ3v) is 3.17. The predicted octanol–water partition coefficient (Wildman–Crippen LogP) is -0.449. The molecule has 0 aliphatic rings. The van der Waals surface area contributed by atoms with Gasteiger partial charge in [-0.15, -0.1) is 0 Å².